The highest BCUT2D eigenvalue weighted by atomic mass is 16.5. The van der Waals surface area contributed by atoms with Gasteiger partial charge in [-0.15, -0.1) is 0 Å². The fourth-order valence-electron chi connectivity index (χ4n) is 5.34. The summed E-state index contributed by atoms with van der Waals surface area (Å²) in [5.74, 6) is 1.13. The van der Waals surface area contributed by atoms with Gasteiger partial charge in [0.15, 0.2) is 0 Å². The van der Waals surface area contributed by atoms with Crippen molar-refractivity contribution in [3.63, 3.8) is 0 Å². The first-order valence-corrected chi connectivity index (χ1v) is 9.86. The van der Waals surface area contributed by atoms with E-state index < -0.39 is 0 Å². The van der Waals surface area contributed by atoms with E-state index in [-0.39, 0.29) is 29.9 Å². The normalized spacial score (nSPS) is 33.9. The van der Waals surface area contributed by atoms with Crippen LogP contribution in [0, 0.1) is 11.8 Å². The van der Waals surface area contributed by atoms with Crippen molar-refractivity contribution in [3.05, 3.63) is 29.8 Å². The highest BCUT2D eigenvalue weighted by Crippen LogP contribution is 2.44. The lowest BCUT2D eigenvalue weighted by Crippen LogP contribution is -2.59. The molecule has 3 saturated heterocycles. The maximum atomic E-state index is 12.3. The van der Waals surface area contributed by atoms with E-state index in [1.165, 1.54) is 19.8 Å². The molecule has 1 aromatic rings. The molecule has 0 spiro atoms. The molecule has 2 unspecified atom stereocenters. The lowest BCUT2D eigenvalue weighted by Gasteiger charge is -2.53. The van der Waals surface area contributed by atoms with Crippen molar-refractivity contribution < 1.29 is 14.3 Å². The second kappa shape index (κ2) is 7.03. The van der Waals surface area contributed by atoms with E-state index >= 15 is 0 Å². The summed E-state index contributed by atoms with van der Waals surface area (Å²) in [6, 6.07) is 8.13. The molecule has 0 radical (unpaired) electrons. The van der Waals surface area contributed by atoms with Gasteiger partial charge in [0.2, 0.25) is 5.91 Å². The number of carbonyl (C=O) groups excluding carboxylic acids is 2. The average Bonchev–Trinajstić information content (AvgIpc) is 2.65. The van der Waals surface area contributed by atoms with Crippen LogP contribution in [0.4, 0.5) is 5.69 Å². The number of hydrogen-bond acceptors (Lipinski definition) is 4. The summed E-state index contributed by atoms with van der Waals surface area (Å²) < 4.78 is 5.90. The van der Waals surface area contributed by atoms with Gasteiger partial charge in [-0.2, -0.15) is 0 Å². The Kier molecular flexibility index (Phi) is 4.74. The number of hydrogen-bond donors (Lipinski definition) is 1. The minimum absolute atomic E-state index is 0.00764. The summed E-state index contributed by atoms with van der Waals surface area (Å²) in [6.45, 7) is 5.91. The molecule has 140 valence electrons. The van der Waals surface area contributed by atoms with E-state index in [2.05, 4.69) is 23.2 Å². The summed E-state index contributed by atoms with van der Waals surface area (Å²) in [5, 5.41) is 2.96. The van der Waals surface area contributed by atoms with E-state index in [0.29, 0.717) is 12.3 Å². The predicted molar refractivity (Wildman–Crippen MR) is 99.8 cm³/mol. The number of piperidine rings is 3. The number of para-hydroxylation sites is 1. The van der Waals surface area contributed by atoms with Crippen molar-refractivity contribution in [3.8, 4) is 0 Å². The van der Waals surface area contributed by atoms with Crippen LogP contribution in [-0.4, -0.2) is 42.0 Å². The Morgan fingerprint density at radius 2 is 2.19 bits per heavy atom. The number of fused-ring (bicyclic) bond motifs is 4. The average molecular weight is 356 g/mol. The highest BCUT2D eigenvalue weighted by molar-refractivity contribution is 5.94. The smallest absolute Gasteiger partial charge is 0.302 e. The number of esters is 1. The van der Waals surface area contributed by atoms with Crippen LogP contribution in [0.2, 0.25) is 0 Å². The standard InChI is InChI=1S/C21H28N2O3/c1-3-14-12-23-9-8-15(14)10-19(23)21(26-13(2)24)17-11-20(25)22-18-7-5-4-6-16(17)18/h4-7,14-15,17,19,21H,3,8-12H2,1-2H3,(H,22,25)/t14-,15-,17?,19+,21+/m0/s1. The van der Waals surface area contributed by atoms with Gasteiger partial charge in [0, 0.05) is 37.5 Å². The molecular weight excluding hydrogens is 328 g/mol. The van der Waals surface area contributed by atoms with Crippen LogP contribution in [0.5, 0.6) is 0 Å². The molecule has 0 aliphatic carbocycles. The van der Waals surface area contributed by atoms with E-state index in [1.54, 1.807) is 0 Å². The molecular formula is C21H28N2O3. The van der Waals surface area contributed by atoms with E-state index in [9.17, 15) is 9.59 Å². The number of ether oxygens (including phenoxy) is 1. The fraction of sp³-hybridized carbons (Fsp3) is 0.619. The fourth-order valence-corrected chi connectivity index (χ4v) is 5.34. The Morgan fingerprint density at radius 3 is 2.88 bits per heavy atom. The minimum Gasteiger partial charge on any atom is -0.460 e. The minimum atomic E-state index is -0.264. The number of carbonyl (C=O) groups is 2. The molecule has 6 atom stereocenters. The van der Waals surface area contributed by atoms with Crippen molar-refractivity contribution in [1.29, 1.82) is 0 Å². The zero-order valence-electron chi connectivity index (χ0n) is 15.6. The first-order chi connectivity index (χ1) is 12.6. The number of benzene rings is 1. The van der Waals surface area contributed by atoms with Crippen LogP contribution in [0.25, 0.3) is 0 Å². The summed E-state index contributed by atoms with van der Waals surface area (Å²) in [5.41, 5.74) is 1.95. The van der Waals surface area contributed by atoms with Crippen LogP contribution < -0.4 is 5.32 Å². The topological polar surface area (TPSA) is 58.6 Å². The number of amides is 1. The summed E-state index contributed by atoms with van der Waals surface area (Å²) in [4.78, 5) is 26.7. The van der Waals surface area contributed by atoms with Gasteiger partial charge in [0.05, 0.1) is 0 Å². The molecule has 26 heavy (non-hydrogen) atoms. The first kappa shape index (κ1) is 17.5. The third-order valence-electron chi connectivity index (χ3n) is 6.58. The molecule has 1 aromatic carbocycles. The van der Waals surface area contributed by atoms with E-state index in [4.69, 9.17) is 4.74 Å². The third-order valence-corrected chi connectivity index (χ3v) is 6.58. The highest BCUT2D eigenvalue weighted by Gasteiger charge is 2.47. The van der Waals surface area contributed by atoms with Crippen LogP contribution in [-0.2, 0) is 14.3 Å². The van der Waals surface area contributed by atoms with Gasteiger partial charge in [0.1, 0.15) is 6.10 Å². The van der Waals surface area contributed by atoms with Crippen LogP contribution >= 0.6 is 0 Å². The van der Waals surface area contributed by atoms with Gasteiger partial charge in [0.25, 0.3) is 0 Å². The van der Waals surface area contributed by atoms with Gasteiger partial charge in [-0.1, -0.05) is 31.5 Å². The SMILES string of the molecule is CC[C@H]1CN2CC[C@H]1C[C@@H]2[C@H](OC(C)=O)C1CC(=O)Nc2ccccc21. The van der Waals surface area contributed by atoms with Crippen LogP contribution in [0.1, 0.15) is 51.0 Å². The Morgan fingerprint density at radius 1 is 1.38 bits per heavy atom. The summed E-state index contributed by atoms with van der Waals surface area (Å²) >= 11 is 0. The molecule has 5 heteroatoms. The molecule has 4 aliphatic rings. The van der Waals surface area contributed by atoms with Gasteiger partial charge in [-0.25, -0.2) is 0 Å². The third kappa shape index (κ3) is 3.13. The summed E-state index contributed by atoms with van der Waals surface area (Å²) in [7, 11) is 0. The number of rotatable bonds is 4. The first-order valence-electron chi connectivity index (χ1n) is 9.86. The quantitative estimate of drug-likeness (QED) is 0.842. The molecule has 4 heterocycles. The van der Waals surface area contributed by atoms with E-state index in [0.717, 1.165) is 36.7 Å². The lowest BCUT2D eigenvalue weighted by atomic mass is 9.70. The molecule has 0 aromatic heterocycles. The molecule has 5 nitrogen and oxygen atoms in total. The van der Waals surface area contributed by atoms with Crippen LogP contribution in [0.3, 0.4) is 0 Å². The Hall–Kier alpha value is -1.88. The van der Waals surface area contributed by atoms with Crippen molar-refractivity contribution in [2.75, 3.05) is 18.4 Å². The zero-order valence-corrected chi connectivity index (χ0v) is 15.6. The second-order valence-corrected chi connectivity index (χ2v) is 8.04. The zero-order chi connectivity index (χ0) is 18.3. The van der Waals surface area contributed by atoms with Crippen molar-refractivity contribution in [1.82, 2.24) is 4.90 Å². The van der Waals surface area contributed by atoms with Gasteiger partial charge < -0.3 is 10.1 Å². The summed E-state index contributed by atoms with van der Waals surface area (Å²) in [6.07, 6.45) is 3.63. The molecule has 4 aliphatic heterocycles. The van der Waals surface area contributed by atoms with Gasteiger partial charge in [-0.05, 0) is 42.9 Å². The number of nitrogens with one attached hydrogen (secondary N) is 1. The van der Waals surface area contributed by atoms with E-state index in [1.807, 2.05) is 18.2 Å². The molecule has 1 amide bonds. The maximum Gasteiger partial charge on any atom is 0.302 e. The monoisotopic (exact) mass is 356 g/mol. The van der Waals surface area contributed by atoms with Gasteiger partial charge >= 0.3 is 5.97 Å². The molecule has 3 fully saturated rings. The molecule has 0 saturated carbocycles. The Balaban J connectivity index is 1.66. The largest absolute Gasteiger partial charge is 0.460 e. The second-order valence-electron chi connectivity index (χ2n) is 8.04. The van der Waals surface area contributed by atoms with Crippen molar-refractivity contribution in [2.45, 2.75) is 57.6 Å². The molecule has 1 N–H and O–H groups in total. The van der Waals surface area contributed by atoms with Crippen LogP contribution in [0.15, 0.2) is 24.3 Å². The van der Waals surface area contributed by atoms with Crippen molar-refractivity contribution >= 4 is 17.6 Å². The number of anilines is 1. The lowest BCUT2D eigenvalue weighted by molar-refractivity contribution is -0.157. The van der Waals surface area contributed by atoms with Gasteiger partial charge in [-0.3, -0.25) is 14.5 Å². The molecule has 5 rings (SSSR count). The van der Waals surface area contributed by atoms with Crippen molar-refractivity contribution in [2.24, 2.45) is 11.8 Å². The predicted octanol–water partition coefficient (Wildman–Crippen LogP) is 3.16. The Bertz CT molecular complexity index is 704. The Labute approximate surface area is 155 Å². The maximum absolute atomic E-state index is 12.3. The molecule has 2 bridgehead atoms. The number of nitrogens with zero attached hydrogens (tertiary/aromatic N) is 1.